The van der Waals surface area contributed by atoms with E-state index < -0.39 is 0 Å². The fourth-order valence-corrected chi connectivity index (χ4v) is 4.95. The average molecular weight is 557 g/mol. The van der Waals surface area contributed by atoms with Crippen LogP contribution in [0.1, 0.15) is 30.9 Å². The Balaban J connectivity index is 0.00000272. The van der Waals surface area contributed by atoms with Gasteiger partial charge in [-0.15, -0.1) is 45.9 Å². The number of thioether (sulfide) groups is 1. The number of rotatable bonds is 7. The number of guanidine groups is 1. The number of hydrogen-bond donors (Lipinski definition) is 1. The van der Waals surface area contributed by atoms with E-state index in [1.165, 1.54) is 11.3 Å². The smallest absolute Gasteiger partial charge is 0.194 e. The van der Waals surface area contributed by atoms with Crippen molar-refractivity contribution in [1.29, 1.82) is 0 Å². The van der Waals surface area contributed by atoms with Crippen LogP contribution in [0.5, 0.6) is 0 Å². The maximum absolute atomic E-state index is 5.79. The van der Waals surface area contributed by atoms with E-state index in [9.17, 15) is 0 Å². The summed E-state index contributed by atoms with van der Waals surface area (Å²) < 4.78 is 7.80. The van der Waals surface area contributed by atoms with Crippen molar-refractivity contribution in [3.63, 3.8) is 0 Å². The van der Waals surface area contributed by atoms with Gasteiger partial charge in [0.15, 0.2) is 11.8 Å². The number of nitrogens with one attached hydrogen (secondary N) is 1. The zero-order valence-corrected chi connectivity index (χ0v) is 21.5. The molecule has 0 saturated carbocycles. The van der Waals surface area contributed by atoms with Gasteiger partial charge in [0.05, 0.1) is 6.10 Å². The molecule has 1 N–H and O–H groups in total. The van der Waals surface area contributed by atoms with Crippen LogP contribution < -0.4 is 5.32 Å². The standard InChI is InChI=1S/C22H32N6OS.HI/c1-17-25-26-21(27(17)2)14-24-22(23-13-19-7-6-12-29-19)28-11-10-18(15-28)16-30-20-8-4-3-5-9-20;/h3-5,8-9,18-19H,6-7,10-16H2,1-2H3,(H,23,24);1H. The second kappa shape index (κ2) is 12.1. The van der Waals surface area contributed by atoms with E-state index in [1.54, 1.807) is 0 Å². The Kier molecular flexibility index (Phi) is 9.46. The van der Waals surface area contributed by atoms with Crippen LogP contribution in [0.4, 0.5) is 0 Å². The quantitative estimate of drug-likeness (QED) is 0.244. The van der Waals surface area contributed by atoms with Gasteiger partial charge in [-0.1, -0.05) is 18.2 Å². The van der Waals surface area contributed by atoms with Crippen LogP contribution in [-0.4, -0.2) is 63.7 Å². The van der Waals surface area contributed by atoms with E-state index >= 15 is 0 Å². The molecule has 3 heterocycles. The highest BCUT2D eigenvalue weighted by atomic mass is 127. The van der Waals surface area contributed by atoms with E-state index in [4.69, 9.17) is 9.73 Å². The molecular formula is C22H33IN6OS. The van der Waals surface area contributed by atoms with Gasteiger partial charge in [0, 0.05) is 43.9 Å². The van der Waals surface area contributed by atoms with Crippen molar-refractivity contribution in [2.24, 2.45) is 18.0 Å². The third kappa shape index (κ3) is 6.82. The fourth-order valence-electron chi connectivity index (χ4n) is 3.90. The topological polar surface area (TPSA) is 67.6 Å². The summed E-state index contributed by atoms with van der Waals surface area (Å²) in [6.07, 6.45) is 3.77. The van der Waals surface area contributed by atoms with Crippen molar-refractivity contribution in [2.75, 3.05) is 32.0 Å². The first-order valence-electron chi connectivity index (χ1n) is 10.9. The van der Waals surface area contributed by atoms with Crippen LogP contribution in [0.15, 0.2) is 40.2 Å². The molecule has 9 heteroatoms. The van der Waals surface area contributed by atoms with Crippen molar-refractivity contribution in [3.05, 3.63) is 42.0 Å². The number of hydrogen-bond acceptors (Lipinski definition) is 5. The Morgan fingerprint density at radius 2 is 2.10 bits per heavy atom. The Morgan fingerprint density at radius 3 is 2.81 bits per heavy atom. The predicted octanol–water partition coefficient (Wildman–Crippen LogP) is 3.48. The molecule has 0 bridgehead atoms. The van der Waals surface area contributed by atoms with Gasteiger partial charge in [-0.05, 0) is 44.2 Å². The van der Waals surface area contributed by atoms with E-state index in [0.717, 1.165) is 62.4 Å². The Labute approximate surface area is 206 Å². The Bertz CT molecular complexity index is 840. The van der Waals surface area contributed by atoms with E-state index in [-0.39, 0.29) is 24.0 Å². The third-order valence-corrected chi connectivity index (χ3v) is 7.12. The lowest BCUT2D eigenvalue weighted by Gasteiger charge is -2.23. The molecule has 1 aromatic heterocycles. The number of benzene rings is 1. The van der Waals surface area contributed by atoms with E-state index in [0.29, 0.717) is 18.6 Å². The predicted molar refractivity (Wildman–Crippen MR) is 136 cm³/mol. The van der Waals surface area contributed by atoms with Gasteiger partial charge < -0.3 is 19.5 Å². The molecule has 0 amide bonds. The molecule has 7 nitrogen and oxygen atoms in total. The molecule has 4 rings (SSSR count). The molecule has 2 saturated heterocycles. The highest BCUT2D eigenvalue weighted by Gasteiger charge is 2.26. The number of aromatic nitrogens is 3. The van der Waals surface area contributed by atoms with Crippen LogP contribution >= 0.6 is 35.7 Å². The summed E-state index contributed by atoms with van der Waals surface area (Å²) in [4.78, 5) is 8.65. The second-order valence-corrected chi connectivity index (χ2v) is 9.20. The Morgan fingerprint density at radius 1 is 1.26 bits per heavy atom. The van der Waals surface area contributed by atoms with Crippen LogP contribution in [0, 0.1) is 12.8 Å². The molecule has 2 aliphatic rings. The van der Waals surface area contributed by atoms with Gasteiger partial charge in [-0.2, -0.15) is 0 Å². The number of halogens is 1. The summed E-state index contributed by atoms with van der Waals surface area (Å²) in [7, 11) is 1.99. The molecule has 170 valence electrons. The molecular weight excluding hydrogens is 523 g/mol. The zero-order valence-electron chi connectivity index (χ0n) is 18.4. The molecule has 2 atom stereocenters. The number of likely N-dealkylation sites (tertiary alicyclic amines) is 1. The highest BCUT2D eigenvalue weighted by Crippen LogP contribution is 2.26. The van der Waals surface area contributed by atoms with Crippen molar-refractivity contribution < 1.29 is 4.74 Å². The lowest BCUT2D eigenvalue weighted by atomic mass is 10.2. The number of aryl methyl sites for hydroxylation is 1. The van der Waals surface area contributed by atoms with Gasteiger partial charge in [0.1, 0.15) is 12.4 Å². The minimum atomic E-state index is 0. The molecule has 2 aromatic rings. The molecule has 31 heavy (non-hydrogen) atoms. The Hall–Kier alpha value is -1.33. The van der Waals surface area contributed by atoms with Crippen molar-refractivity contribution in [1.82, 2.24) is 25.0 Å². The molecule has 0 aliphatic carbocycles. The number of aliphatic imine (C=N–C) groups is 1. The number of nitrogens with zero attached hydrogens (tertiary/aromatic N) is 5. The van der Waals surface area contributed by atoms with Crippen molar-refractivity contribution in [2.45, 2.75) is 43.7 Å². The molecule has 2 fully saturated rings. The van der Waals surface area contributed by atoms with Crippen LogP contribution in [0.2, 0.25) is 0 Å². The summed E-state index contributed by atoms with van der Waals surface area (Å²) in [6.45, 7) is 6.26. The van der Waals surface area contributed by atoms with Crippen LogP contribution in [-0.2, 0) is 18.3 Å². The van der Waals surface area contributed by atoms with Gasteiger partial charge >= 0.3 is 0 Å². The highest BCUT2D eigenvalue weighted by molar-refractivity contribution is 14.0. The lowest BCUT2D eigenvalue weighted by molar-refractivity contribution is 0.113. The SMILES string of the molecule is Cc1nnc(CN=C(NCC2CCCO2)N2CCC(CSc3ccccc3)C2)n1C.I. The van der Waals surface area contributed by atoms with Gasteiger partial charge in [0.25, 0.3) is 0 Å². The lowest BCUT2D eigenvalue weighted by Crippen LogP contribution is -2.43. The molecule has 2 unspecified atom stereocenters. The maximum atomic E-state index is 5.79. The first-order valence-corrected chi connectivity index (χ1v) is 11.8. The summed E-state index contributed by atoms with van der Waals surface area (Å²) in [5, 5.41) is 12.0. The molecule has 0 spiro atoms. The van der Waals surface area contributed by atoms with Crippen molar-refractivity contribution in [3.8, 4) is 0 Å². The first-order chi connectivity index (χ1) is 14.7. The van der Waals surface area contributed by atoms with Gasteiger partial charge in [-0.3, -0.25) is 0 Å². The summed E-state index contributed by atoms with van der Waals surface area (Å²) in [5.41, 5.74) is 0. The minimum absolute atomic E-state index is 0. The number of ether oxygens (including phenoxy) is 1. The van der Waals surface area contributed by atoms with E-state index in [1.807, 2.05) is 30.3 Å². The van der Waals surface area contributed by atoms with Gasteiger partial charge in [-0.25, -0.2) is 4.99 Å². The largest absolute Gasteiger partial charge is 0.376 e. The third-order valence-electron chi connectivity index (χ3n) is 5.88. The molecule has 0 radical (unpaired) electrons. The summed E-state index contributed by atoms with van der Waals surface area (Å²) >= 11 is 1.95. The van der Waals surface area contributed by atoms with Crippen LogP contribution in [0.25, 0.3) is 0 Å². The molecule has 2 aliphatic heterocycles. The normalized spacial score (nSPS) is 21.4. The summed E-state index contributed by atoms with van der Waals surface area (Å²) in [5.74, 6) is 4.58. The minimum Gasteiger partial charge on any atom is -0.376 e. The van der Waals surface area contributed by atoms with Gasteiger partial charge in [0.2, 0.25) is 0 Å². The van der Waals surface area contributed by atoms with Crippen molar-refractivity contribution >= 4 is 41.7 Å². The summed E-state index contributed by atoms with van der Waals surface area (Å²) in [6, 6.07) is 10.7. The second-order valence-electron chi connectivity index (χ2n) is 8.10. The monoisotopic (exact) mass is 556 g/mol. The van der Waals surface area contributed by atoms with E-state index in [2.05, 4.69) is 50.7 Å². The average Bonchev–Trinajstić information content (AvgIpc) is 3.52. The molecule has 1 aromatic carbocycles. The van der Waals surface area contributed by atoms with Crippen LogP contribution in [0.3, 0.4) is 0 Å². The zero-order chi connectivity index (χ0) is 20.8. The fraction of sp³-hybridized carbons (Fsp3) is 0.591. The first kappa shape index (κ1) is 24.3. The maximum Gasteiger partial charge on any atom is 0.194 e.